The van der Waals surface area contributed by atoms with Crippen LogP contribution >= 0.6 is 0 Å². The summed E-state index contributed by atoms with van der Waals surface area (Å²) in [6, 6.07) is 0. The highest BCUT2D eigenvalue weighted by Gasteiger charge is 1.79. The lowest BCUT2D eigenvalue weighted by Gasteiger charge is -1.90. The van der Waals surface area contributed by atoms with Crippen molar-refractivity contribution in [3.8, 4) is 0 Å². The van der Waals surface area contributed by atoms with Gasteiger partial charge in [-0.15, -0.1) is 0 Å². The molecule has 0 bridgehead atoms. The van der Waals surface area contributed by atoms with E-state index < -0.39 is 0 Å². The first-order chi connectivity index (χ1) is 9.02. The maximum absolute atomic E-state index is 2.17. The van der Waals surface area contributed by atoms with E-state index in [2.05, 4.69) is 58.9 Å². The first kappa shape index (κ1) is 17.2. The van der Waals surface area contributed by atoms with Crippen LogP contribution in [0.15, 0.2) is 83.6 Å². The van der Waals surface area contributed by atoms with E-state index in [9.17, 15) is 0 Å². The Balaban J connectivity index is 4.11. The van der Waals surface area contributed by atoms with Gasteiger partial charge in [-0.25, -0.2) is 0 Å². The van der Waals surface area contributed by atoms with Crippen LogP contribution in [-0.4, -0.2) is 0 Å². The Morgan fingerprint density at radius 3 is 1.32 bits per heavy atom. The molecule has 0 aromatic rings. The second-order valence-electron chi connectivity index (χ2n) is 4.92. The van der Waals surface area contributed by atoms with Gasteiger partial charge in [-0.1, -0.05) is 83.6 Å². The minimum Gasteiger partial charge on any atom is -0.0764 e. The molecule has 0 fully saturated rings. The molecular weight excluding hydrogens is 228 g/mol. The predicted octanol–water partition coefficient (Wildman–Crippen LogP) is 6.09. The Kier molecular flexibility index (Phi) is 10.2. The van der Waals surface area contributed by atoms with Gasteiger partial charge in [0, 0.05) is 0 Å². The van der Waals surface area contributed by atoms with Crippen LogP contribution in [0.2, 0.25) is 0 Å². The molecule has 19 heavy (non-hydrogen) atoms. The van der Waals surface area contributed by atoms with Gasteiger partial charge in [0.25, 0.3) is 0 Å². The topological polar surface area (TPSA) is 0 Å². The van der Waals surface area contributed by atoms with Crippen LogP contribution in [0, 0.1) is 0 Å². The highest BCUT2D eigenvalue weighted by atomic mass is 13.9. The molecule has 102 valence electrons. The SMILES string of the molecule is CC(C)=CC=CC=CC=CC=CC=C(C)C=C(C)C. The highest BCUT2D eigenvalue weighted by Crippen LogP contribution is 2.00. The largest absolute Gasteiger partial charge is 0.0764 e. The summed E-state index contributed by atoms with van der Waals surface area (Å²) in [7, 11) is 0. The summed E-state index contributed by atoms with van der Waals surface area (Å²) in [4.78, 5) is 0. The molecule has 0 atom stereocenters. The molecule has 0 heterocycles. The van der Waals surface area contributed by atoms with Gasteiger partial charge in [0.15, 0.2) is 0 Å². The average molecular weight is 254 g/mol. The molecule has 0 aliphatic carbocycles. The van der Waals surface area contributed by atoms with Crippen molar-refractivity contribution in [3.05, 3.63) is 83.6 Å². The van der Waals surface area contributed by atoms with Gasteiger partial charge in [0.05, 0.1) is 0 Å². The highest BCUT2D eigenvalue weighted by molar-refractivity contribution is 5.26. The van der Waals surface area contributed by atoms with Crippen molar-refractivity contribution >= 4 is 0 Å². The maximum atomic E-state index is 2.17. The average Bonchev–Trinajstić information content (AvgIpc) is 2.30. The lowest BCUT2D eigenvalue weighted by molar-refractivity contribution is 1.35. The van der Waals surface area contributed by atoms with E-state index in [0.29, 0.717) is 0 Å². The van der Waals surface area contributed by atoms with Gasteiger partial charge in [0.2, 0.25) is 0 Å². The Bertz CT molecular complexity index is 438. The third-order valence-electron chi connectivity index (χ3n) is 2.08. The molecule has 0 saturated carbocycles. The third kappa shape index (κ3) is 14.1. The van der Waals surface area contributed by atoms with E-state index in [1.165, 1.54) is 16.7 Å². The molecule has 0 aromatic heterocycles. The molecule has 0 rings (SSSR count). The lowest BCUT2D eigenvalue weighted by Crippen LogP contribution is -1.69. The Hall–Kier alpha value is -1.82. The van der Waals surface area contributed by atoms with E-state index in [1.807, 2.05) is 42.5 Å². The maximum Gasteiger partial charge on any atom is -0.0398 e. The predicted molar refractivity (Wildman–Crippen MR) is 89.2 cm³/mol. The number of rotatable bonds is 6. The number of hydrogen-bond donors (Lipinski definition) is 0. The molecule has 0 spiro atoms. The summed E-state index contributed by atoms with van der Waals surface area (Å²) in [6.45, 7) is 10.5. The zero-order chi connectivity index (χ0) is 14.5. The van der Waals surface area contributed by atoms with E-state index in [4.69, 9.17) is 0 Å². The smallest absolute Gasteiger partial charge is 0.0398 e. The molecule has 0 radical (unpaired) electrons. The van der Waals surface area contributed by atoms with Crippen LogP contribution in [0.3, 0.4) is 0 Å². The number of hydrogen-bond acceptors (Lipinski definition) is 0. The van der Waals surface area contributed by atoms with Crippen LogP contribution in [0.1, 0.15) is 34.6 Å². The van der Waals surface area contributed by atoms with Crippen LogP contribution in [0.5, 0.6) is 0 Å². The Morgan fingerprint density at radius 1 is 0.474 bits per heavy atom. The van der Waals surface area contributed by atoms with Gasteiger partial charge >= 0.3 is 0 Å². The van der Waals surface area contributed by atoms with E-state index in [-0.39, 0.29) is 0 Å². The quantitative estimate of drug-likeness (QED) is 0.503. The van der Waals surface area contributed by atoms with E-state index in [0.717, 1.165) is 0 Å². The summed E-state index contributed by atoms with van der Waals surface area (Å²) >= 11 is 0. The summed E-state index contributed by atoms with van der Waals surface area (Å²) in [5.74, 6) is 0. The minimum absolute atomic E-state index is 1.27. The standard InChI is InChI=1S/C19H26/c1-17(2)14-12-10-8-6-7-9-11-13-15-19(5)16-18(3)4/h6-16H,1-5H3. The van der Waals surface area contributed by atoms with Gasteiger partial charge in [-0.3, -0.25) is 0 Å². The fraction of sp³-hybridized carbons (Fsp3) is 0.263. The molecule has 0 aromatic carbocycles. The number of allylic oxidation sites excluding steroid dienone is 14. The molecule has 0 saturated heterocycles. The molecule has 0 nitrogen and oxygen atoms in total. The van der Waals surface area contributed by atoms with Crippen molar-refractivity contribution in [1.82, 2.24) is 0 Å². The molecular formula is C19H26. The zero-order valence-electron chi connectivity index (χ0n) is 12.9. The molecule has 0 aliphatic heterocycles. The second-order valence-corrected chi connectivity index (χ2v) is 4.92. The van der Waals surface area contributed by atoms with Gasteiger partial charge < -0.3 is 0 Å². The normalized spacial score (nSPS) is 13.0. The van der Waals surface area contributed by atoms with Crippen LogP contribution < -0.4 is 0 Å². The Morgan fingerprint density at radius 2 is 0.895 bits per heavy atom. The Labute approximate surface area is 118 Å². The van der Waals surface area contributed by atoms with E-state index in [1.54, 1.807) is 0 Å². The van der Waals surface area contributed by atoms with Crippen LogP contribution in [0.4, 0.5) is 0 Å². The summed E-state index contributed by atoms with van der Waals surface area (Å²) in [5.41, 5.74) is 3.90. The summed E-state index contributed by atoms with van der Waals surface area (Å²) < 4.78 is 0. The molecule has 0 unspecified atom stereocenters. The lowest BCUT2D eigenvalue weighted by atomic mass is 10.2. The van der Waals surface area contributed by atoms with Crippen molar-refractivity contribution in [3.63, 3.8) is 0 Å². The van der Waals surface area contributed by atoms with E-state index >= 15 is 0 Å². The van der Waals surface area contributed by atoms with Crippen molar-refractivity contribution in [2.45, 2.75) is 34.6 Å². The summed E-state index contributed by atoms with van der Waals surface area (Å²) in [5, 5.41) is 0. The van der Waals surface area contributed by atoms with Crippen LogP contribution in [0.25, 0.3) is 0 Å². The molecule has 0 N–H and O–H groups in total. The van der Waals surface area contributed by atoms with Crippen molar-refractivity contribution in [2.75, 3.05) is 0 Å². The molecule has 0 aliphatic rings. The minimum atomic E-state index is 1.27. The monoisotopic (exact) mass is 254 g/mol. The molecule has 0 heteroatoms. The first-order valence-electron chi connectivity index (χ1n) is 6.65. The van der Waals surface area contributed by atoms with Gasteiger partial charge in [-0.2, -0.15) is 0 Å². The van der Waals surface area contributed by atoms with Gasteiger partial charge in [0.1, 0.15) is 0 Å². The van der Waals surface area contributed by atoms with Crippen LogP contribution in [-0.2, 0) is 0 Å². The fourth-order valence-corrected chi connectivity index (χ4v) is 1.34. The summed E-state index contributed by atoms with van der Waals surface area (Å²) in [6.07, 6.45) is 22.6. The van der Waals surface area contributed by atoms with Crippen molar-refractivity contribution in [1.29, 1.82) is 0 Å². The third-order valence-corrected chi connectivity index (χ3v) is 2.08. The van der Waals surface area contributed by atoms with Crippen molar-refractivity contribution in [2.24, 2.45) is 0 Å². The zero-order valence-corrected chi connectivity index (χ0v) is 12.9. The molecule has 0 amide bonds. The fourth-order valence-electron chi connectivity index (χ4n) is 1.34. The first-order valence-corrected chi connectivity index (χ1v) is 6.65. The second kappa shape index (κ2) is 11.3. The van der Waals surface area contributed by atoms with Gasteiger partial charge in [-0.05, 0) is 34.6 Å². The van der Waals surface area contributed by atoms with Crippen molar-refractivity contribution < 1.29 is 0 Å².